The van der Waals surface area contributed by atoms with Gasteiger partial charge in [0.05, 0.1) is 18.2 Å². The maximum atomic E-state index is 13.7. The molecular weight excluding hydrogens is 641 g/mol. The molecule has 0 bridgehead atoms. The predicted octanol–water partition coefficient (Wildman–Crippen LogP) is 7.88. The number of Topliss-reactive ketones (excluding diaryl/α,β-unsaturated/α-hetero) is 1. The third-order valence-corrected chi connectivity index (χ3v) is 9.92. The monoisotopic (exact) mass is 667 g/mol. The van der Waals surface area contributed by atoms with Crippen LogP contribution in [0.5, 0.6) is 11.5 Å². The van der Waals surface area contributed by atoms with Crippen molar-refractivity contribution in [2.45, 2.75) is 48.9 Å². The van der Waals surface area contributed by atoms with Crippen LogP contribution in [0.4, 0.5) is 5.13 Å². The summed E-state index contributed by atoms with van der Waals surface area (Å²) in [4.78, 5) is 28.7. The van der Waals surface area contributed by atoms with E-state index in [2.05, 4.69) is 10.2 Å². The molecule has 44 heavy (non-hydrogen) atoms. The third kappa shape index (κ3) is 6.04. The van der Waals surface area contributed by atoms with Gasteiger partial charge in [0.2, 0.25) is 5.13 Å². The Labute approximate surface area is 272 Å². The molecule has 4 aromatic rings. The van der Waals surface area contributed by atoms with Crippen molar-refractivity contribution in [3.63, 3.8) is 0 Å². The van der Waals surface area contributed by atoms with E-state index < -0.39 is 17.7 Å². The molecule has 8 nitrogen and oxygen atoms in total. The van der Waals surface area contributed by atoms with Gasteiger partial charge in [-0.25, -0.2) is 0 Å². The SMILES string of the molecule is CCCOc1cccc(C2/C(=C(\O)c3ccc4c(c3)CC(C)O4)C(=O)C(=O)N2c2nnc(SCc3ccc(Cl)cc3Cl)s2)c1. The van der Waals surface area contributed by atoms with E-state index in [1.165, 1.54) is 28.0 Å². The maximum absolute atomic E-state index is 13.7. The Morgan fingerprint density at radius 1 is 1.14 bits per heavy atom. The van der Waals surface area contributed by atoms with Crippen molar-refractivity contribution < 1.29 is 24.2 Å². The molecule has 0 aliphatic carbocycles. The molecule has 12 heteroatoms. The molecule has 0 radical (unpaired) electrons. The molecule has 0 saturated carbocycles. The maximum Gasteiger partial charge on any atom is 0.301 e. The molecule has 3 heterocycles. The number of aliphatic hydroxyl groups is 1. The lowest BCUT2D eigenvalue weighted by Crippen LogP contribution is -2.29. The van der Waals surface area contributed by atoms with Gasteiger partial charge in [-0.15, -0.1) is 10.2 Å². The molecule has 2 aliphatic rings. The number of carbonyl (C=O) groups is 2. The quantitative estimate of drug-likeness (QED) is 0.0632. The van der Waals surface area contributed by atoms with Crippen LogP contribution >= 0.6 is 46.3 Å². The number of benzene rings is 3. The smallest absolute Gasteiger partial charge is 0.301 e. The standard InChI is InChI=1S/C32H27Cl2N3O5S2/c1-3-11-41-23-6-4-5-18(14-23)27-26(28(38)19-8-10-25-21(13-19)12-17(2)42-25)29(39)30(40)37(27)31-35-36-32(44-31)43-16-20-7-9-22(33)15-24(20)34/h4-10,13-15,17,27,38H,3,11-12,16H2,1-2H3/b28-26+. The number of hydrogen-bond acceptors (Lipinski definition) is 9. The molecule has 1 aromatic heterocycles. The number of carbonyl (C=O) groups excluding carboxylic acids is 2. The number of ketones is 1. The molecule has 1 fully saturated rings. The average molecular weight is 669 g/mol. The van der Waals surface area contributed by atoms with Crippen molar-refractivity contribution in [3.05, 3.63) is 98.5 Å². The fourth-order valence-electron chi connectivity index (χ4n) is 5.20. The number of rotatable bonds is 9. The number of aromatic nitrogens is 2. The van der Waals surface area contributed by atoms with E-state index in [0.717, 1.165) is 23.3 Å². The zero-order valence-corrected chi connectivity index (χ0v) is 26.9. The predicted molar refractivity (Wildman–Crippen MR) is 173 cm³/mol. The Balaban J connectivity index is 1.39. The molecule has 2 aliphatic heterocycles. The number of aliphatic hydroxyl groups excluding tert-OH is 1. The molecule has 1 N–H and O–H groups in total. The molecule has 3 aromatic carbocycles. The topological polar surface area (TPSA) is 102 Å². The normalized spacial score (nSPS) is 18.9. The molecule has 2 atom stereocenters. The minimum atomic E-state index is -0.958. The second-order valence-electron chi connectivity index (χ2n) is 10.4. The zero-order valence-electron chi connectivity index (χ0n) is 23.8. The van der Waals surface area contributed by atoms with Gasteiger partial charge in [-0.2, -0.15) is 0 Å². The van der Waals surface area contributed by atoms with E-state index in [0.29, 0.717) is 50.0 Å². The van der Waals surface area contributed by atoms with Crippen LogP contribution in [-0.2, 0) is 21.8 Å². The summed E-state index contributed by atoms with van der Waals surface area (Å²) in [7, 11) is 0. The summed E-state index contributed by atoms with van der Waals surface area (Å²) < 4.78 is 12.2. The van der Waals surface area contributed by atoms with E-state index in [-0.39, 0.29) is 22.6 Å². The molecular formula is C32H27Cl2N3O5S2. The lowest BCUT2D eigenvalue weighted by Gasteiger charge is -2.23. The van der Waals surface area contributed by atoms with Crippen molar-refractivity contribution in [1.29, 1.82) is 0 Å². The first-order chi connectivity index (χ1) is 21.2. The fourth-order valence-corrected chi connectivity index (χ4v) is 7.63. The summed E-state index contributed by atoms with van der Waals surface area (Å²) in [5.41, 5.74) is 2.78. The summed E-state index contributed by atoms with van der Waals surface area (Å²) in [6.07, 6.45) is 1.51. The van der Waals surface area contributed by atoms with E-state index >= 15 is 0 Å². The Bertz CT molecular complexity index is 1790. The molecule has 1 saturated heterocycles. The number of halogens is 2. The second-order valence-corrected chi connectivity index (χ2v) is 13.4. The average Bonchev–Trinajstić information content (AvgIpc) is 3.70. The van der Waals surface area contributed by atoms with Gasteiger partial charge in [0, 0.05) is 27.8 Å². The first-order valence-electron chi connectivity index (χ1n) is 14.0. The summed E-state index contributed by atoms with van der Waals surface area (Å²) >= 11 is 14.9. The summed E-state index contributed by atoms with van der Waals surface area (Å²) in [5.74, 6) is -0.0466. The zero-order chi connectivity index (χ0) is 31.0. The van der Waals surface area contributed by atoms with Gasteiger partial charge in [-0.3, -0.25) is 14.5 Å². The van der Waals surface area contributed by atoms with Gasteiger partial charge in [0.1, 0.15) is 23.4 Å². The highest BCUT2D eigenvalue weighted by atomic mass is 35.5. The van der Waals surface area contributed by atoms with Crippen molar-refractivity contribution in [3.8, 4) is 11.5 Å². The second kappa shape index (κ2) is 12.8. The van der Waals surface area contributed by atoms with Crippen LogP contribution in [0.3, 0.4) is 0 Å². The van der Waals surface area contributed by atoms with Crippen LogP contribution in [0.1, 0.15) is 48.6 Å². The van der Waals surface area contributed by atoms with Crippen LogP contribution in [0.25, 0.3) is 5.76 Å². The number of hydrogen-bond donors (Lipinski definition) is 1. The largest absolute Gasteiger partial charge is 0.507 e. The molecule has 6 rings (SSSR count). The highest BCUT2D eigenvalue weighted by molar-refractivity contribution is 8.00. The van der Waals surface area contributed by atoms with Crippen molar-refractivity contribution in [2.24, 2.45) is 0 Å². The minimum absolute atomic E-state index is 0.0130. The lowest BCUT2D eigenvalue weighted by atomic mass is 9.94. The van der Waals surface area contributed by atoms with Gasteiger partial charge < -0.3 is 14.6 Å². The number of amides is 1. The Kier molecular flexibility index (Phi) is 8.87. The van der Waals surface area contributed by atoms with E-state index in [1.807, 2.05) is 26.0 Å². The number of ether oxygens (including phenoxy) is 2. The number of thioether (sulfide) groups is 1. The van der Waals surface area contributed by atoms with Crippen LogP contribution in [0, 0.1) is 0 Å². The first kappa shape index (κ1) is 30.5. The lowest BCUT2D eigenvalue weighted by molar-refractivity contribution is -0.132. The van der Waals surface area contributed by atoms with Crippen LogP contribution in [-0.4, -0.2) is 39.7 Å². The Morgan fingerprint density at radius 2 is 1.98 bits per heavy atom. The fraction of sp³-hybridized carbons (Fsp3) is 0.250. The summed E-state index contributed by atoms with van der Waals surface area (Å²) in [6.45, 7) is 4.48. The van der Waals surface area contributed by atoms with E-state index in [4.69, 9.17) is 32.7 Å². The molecule has 2 unspecified atom stereocenters. The summed E-state index contributed by atoms with van der Waals surface area (Å²) in [5, 5.41) is 21.5. The highest BCUT2D eigenvalue weighted by Gasteiger charge is 2.48. The number of anilines is 1. The highest BCUT2D eigenvalue weighted by Crippen LogP contribution is 2.45. The van der Waals surface area contributed by atoms with Gasteiger partial charge in [0.15, 0.2) is 4.34 Å². The van der Waals surface area contributed by atoms with Crippen molar-refractivity contribution in [1.82, 2.24) is 10.2 Å². The molecule has 226 valence electrons. The first-order valence-corrected chi connectivity index (χ1v) is 16.5. The van der Waals surface area contributed by atoms with Crippen LogP contribution in [0.2, 0.25) is 10.0 Å². The molecule has 0 spiro atoms. The third-order valence-electron chi connectivity index (χ3n) is 7.23. The van der Waals surface area contributed by atoms with Crippen molar-refractivity contribution >= 4 is 68.9 Å². The number of nitrogens with zero attached hydrogens (tertiary/aromatic N) is 3. The Hall–Kier alpha value is -3.57. The Morgan fingerprint density at radius 3 is 2.77 bits per heavy atom. The van der Waals surface area contributed by atoms with Gasteiger partial charge >= 0.3 is 5.91 Å². The minimum Gasteiger partial charge on any atom is -0.507 e. The summed E-state index contributed by atoms with van der Waals surface area (Å²) in [6, 6.07) is 16.8. The van der Waals surface area contributed by atoms with Crippen LogP contribution in [0.15, 0.2) is 70.6 Å². The van der Waals surface area contributed by atoms with Crippen LogP contribution < -0.4 is 14.4 Å². The molecule has 1 amide bonds. The van der Waals surface area contributed by atoms with Gasteiger partial charge in [-0.05, 0) is 72.5 Å². The van der Waals surface area contributed by atoms with E-state index in [1.54, 1.807) is 48.5 Å². The van der Waals surface area contributed by atoms with E-state index in [9.17, 15) is 14.7 Å². The van der Waals surface area contributed by atoms with Crippen molar-refractivity contribution in [2.75, 3.05) is 11.5 Å². The van der Waals surface area contributed by atoms with Gasteiger partial charge in [-0.1, -0.05) is 71.4 Å². The number of fused-ring (bicyclic) bond motifs is 1. The van der Waals surface area contributed by atoms with Gasteiger partial charge in [0.25, 0.3) is 5.78 Å².